The van der Waals surface area contributed by atoms with Gasteiger partial charge >= 0.3 is 0 Å². The summed E-state index contributed by atoms with van der Waals surface area (Å²) in [6, 6.07) is 12.2. The summed E-state index contributed by atoms with van der Waals surface area (Å²) in [5.74, 6) is 1.14. The Morgan fingerprint density at radius 1 is 1.03 bits per heavy atom. The molecule has 1 amide bonds. The number of hydrogen-bond donors (Lipinski definition) is 2. The fourth-order valence-corrected chi connectivity index (χ4v) is 3.70. The van der Waals surface area contributed by atoms with Gasteiger partial charge in [0.15, 0.2) is 6.61 Å². The summed E-state index contributed by atoms with van der Waals surface area (Å²) in [7, 11) is -4.02. The van der Waals surface area contributed by atoms with Crippen molar-refractivity contribution in [1.29, 1.82) is 0 Å². The lowest BCUT2D eigenvalue weighted by Gasteiger charge is -2.18. The summed E-state index contributed by atoms with van der Waals surface area (Å²) in [5, 5.41) is 2.93. The van der Waals surface area contributed by atoms with Crippen LogP contribution >= 0.6 is 0 Å². The van der Waals surface area contributed by atoms with Gasteiger partial charge in [0.25, 0.3) is 16.0 Å². The van der Waals surface area contributed by atoms with Gasteiger partial charge in [0, 0.05) is 6.54 Å². The van der Waals surface area contributed by atoms with Crippen LogP contribution in [0.4, 0.5) is 0 Å². The van der Waals surface area contributed by atoms with E-state index >= 15 is 0 Å². The van der Waals surface area contributed by atoms with Gasteiger partial charge in [0.2, 0.25) is 0 Å². The number of amides is 1. The molecule has 0 fully saturated rings. The Bertz CT molecular complexity index is 985. The van der Waals surface area contributed by atoms with Gasteiger partial charge in [0.1, 0.15) is 5.75 Å². The quantitative estimate of drug-likeness (QED) is 0.352. The minimum Gasteiger partial charge on any atom is -0.483 e. The number of nitrogens with one attached hydrogen (secondary N) is 1. The van der Waals surface area contributed by atoms with E-state index in [0.717, 1.165) is 48.5 Å². The molecule has 34 heavy (non-hydrogen) atoms. The molecule has 0 aromatic heterocycles. The molecule has 0 radical (unpaired) electrons. The van der Waals surface area contributed by atoms with Crippen LogP contribution in [-0.2, 0) is 14.9 Å². The van der Waals surface area contributed by atoms with Crippen LogP contribution in [0.3, 0.4) is 0 Å². The Hall–Kier alpha value is -2.42. The molecule has 7 nitrogen and oxygen atoms in total. The van der Waals surface area contributed by atoms with Crippen LogP contribution in [0.2, 0.25) is 0 Å². The Labute approximate surface area is 205 Å². The summed E-state index contributed by atoms with van der Waals surface area (Å²) in [4.78, 5) is 14.2. The van der Waals surface area contributed by atoms with Gasteiger partial charge < -0.3 is 15.0 Å². The predicted octanol–water partition coefficient (Wildman–Crippen LogP) is 4.59. The molecule has 2 aromatic rings. The molecule has 0 atom stereocenters. The van der Waals surface area contributed by atoms with Crippen molar-refractivity contribution in [3.63, 3.8) is 0 Å². The zero-order valence-corrected chi connectivity index (χ0v) is 22.1. The Morgan fingerprint density at radius 3 is 2.15 bits per heavy atom. The van der Waals surface area contributed by atoms with Crippen LogP contribution in [0.15, 0.2) is 47.4 Å². The zero-order chi connectivity index (χ0) is 25.7. The molecule has 2 rings (SSSR count). The number of rotatable bonds is 11. The van der Waals surface area contributed by atoms with E-state index in [1.54, 1.807) is 12.1 Å². The first-order valence-corrected chi connectivity index (χ1v) is 13.2. The van der Waals surface area contributed by atoms with Crippen molar-refractivity contribution in [1.82, 2.24) is 10.2 Å². The fourth-order valence-electron chi connectivity index (χ4n) is 3.22. The lowest BCUT2D eigenvalue weighted by atomic mass is 10.0. The van der Waals surface area contributed by atoms with Crippen LogP contribution in [0.25, 0.3) is 0 Å². The lowest BCUT2D eigenvalue weighted by molar-refractivity contribution is -0.123. The van der Waals surface area contributed by atoms with E-state index in [4.69, 9.17) is 9.29 Å². The first-order valence-electron chi connectivity index (χ1n) is 11.7. The van der Waals surface area contributed by atoms with Crippen molar-refractivity contribution in [3.8, 4) is 5.75 Å². The molecule has 0 spiro atoms. The van der Waals surface area contributed by atoms with E-state index in [9.17, 15) is 13.2 Å². The Morgan fingerprint density at radius 2 is 1.62 bits per heavy atom. The monoisotopic (exact) mass is 492 g/mol. The van der Waals surface area contributed by atoms with Crippen molar-refractivity contribution in [2.45, 2.75) is 58.8 Å². The third kappa shape index (κ3) is 11.1. The molecule has 0 aliphatic carbocycles. The molecule has 0 bridgehead atoms. The third-order valence-electron chi connectivity index (χ3n) is 5.34. The lowest BCUT2D eigenvalue weighted by Crippen LogP contribution is -2.32. The van der Waals surface area contributed by atoms with Gasteiger partial charge in [-0.1, -0.05) is 57.5 Å². The first kappa shape index (κ1) is 29.6. The second kappa shape index (κ2) is 14.8. The second-order valence-electron chi connectivity index (χ2n) is 8.50. The van der Waals surface area contributed by atoms with Crippen LogP contribution in [-0.4, -0.2) is 56.6 Å². The minimum absolute atomic E-state index is 0.0549. The molecule has 8 heteroatoms. The third-order valence-corrected chi connectivity index (χ3v) is 6.20. The topological polar surface area (TPSA) is 95.9 Å². The van der Waals surface area contributed by atoms with E-state index in [-0.39, 0.29) is 17.4 Å². The number of carbonyl (C=O) groups is 1. The smallest absolute Gasteiger partial charge is 0.294 e. The SMILES string of the molecule is CCN(CC)CCCNC(=O)COc1cc(C)ccc1C(C)C.Cc1ccc(S(=O)(=O)O)cc1. The van der Waals surface area contributed by atoms with Crippen LogP contribution < -0.4 is 10.1 Å². The first-order chi connectivity index (χ1) is 16.0. The highest BCUT2D eigenvalue weighted by Gasteiger charge is 2.10. The van der Waals surface area contributed by atoms with Gasteiger partial charge in [-0.15, -0.1) is 0 Å². The molecular formula is C26H40N2O5S. The summed E-state index contributed by atoms with van der Waals surface area (Å²) in [6.45, 7) is 16.3. The second-order valence-corrected chi connectivity index (χ2v) is 9.92. The zero-order valence-electron chi connectivity index (χ0n) is 21.3. The highest BCUT2D eigenvalue weighted by molar-refractivity contribution is 7.85. The number of ether oxygens (including phenoxy) is 1. The average Bonchev–Trinajstić information content (AvgIpc) is 2.77. The fraction of sp³-hybridized carbons (Fsp3) is 0.500. The van der Waals surface area contributed by atoms with Gasteiger partial charge in [0.05, 0.1) is 4.90 Å². The summed E-state index contributed by atoms with van der Waals surface area (Å²) in [6.07, 6.45) is 0.967. The average molecular weight is 493 g/mol. The Balaban J connectivity index is 0.000000437. The molecule has 0 saturated heterocycles. The van der Waals surface area contributed by atoms with Crippen molar-refractivity contribution >= 4 is 16.0 Å². The molecule has 0 heterocycles. The van der Waals surface area contributed by atoms with Gasteiger partial charge in [-0.2, -0.15) is 8.42 Å². The molecular weight excluding hydrogens is 452 g/mol. The van der Waals surface area contributed by atoms with Crippen molar-refractivity contribution in [3.05, 3.63) is 59.2 Å². The Kier molecular flexibility index (Phi) is 12.9. The van der Waals surface area contributed by atoms with E-state index in [0.29, 0.717) is 12.5 Å². The van der Waals surface area contributed by atoms with Crippen LogP contribution in [0, 0.1) is 13.8 Å². The normalized spacial score (nSPS) is 11.2. The molecule has 2 aromatic carbocycles. The largest absolute Gasteiger partial charge is 0.483 e. The van der Waals surface area contributed by atoms with Crippen LogP contribution in [0.5, 0.6) is 5.75 Å². The van der Waals surface area contributed by atoms with E-state index in [1.807, 2.05) is 19.9 Å². The molecule has 190 valence electrons. The highest BCUT2D eigenvalue weighted by Crippen LogP contribution is 2.27. The standard InChI is InChI=1S/C19H32N2O2.C7H8O3S/c1-6-21(7-2)12-8-11-20-19(22)14-23-18-13-16(5)9-10-17(18)15(3)4;1-6-2-4-7(5-3-6)11(8,9)10/h9-10,13,15H,6-8,11-12,14H2,1-5H3,(H,20,22);2-5H,1H3,(H,8,9,10). The molecule has 0 aliphatic heterocycles. The van der Waals surface area contributed by atoms with Gasteiger partial charge in [-0.3, -0.25) is 9.35 Å². The van der Waals surface area contributed by atoms with Crippen molar-refractivity contribution < 1.29 is 22.5 Å². The number of aryl methyl sites for hydroxylation is 2. The summed E-state index contributed by atoms with van der Waals surface area (Å²) >= 11 is 0. The maximum Gasteiger partial charge on any atom is 0.294 e. The van der Waals surface area contributed by atoms with Crippen LogP contribution in [0.1, 0.15) is 56.7 Å². The van der Waals surface area contributed by atoms with Crippen molar-refractivity contribution in [2.24, 2.45) is 0 Å². The number of carbonyl (C=O) groups excluding carboxylic acids is 1. The summed E-state index contributed by atoms with van der Waals surface area (Å²) in [5.41, 5.74) is 3.24. The predicted molar refractivity (Wildman–Crippen MR) is 137 cm³/mol. The van der Waals surface area contributed by atoms with Gasteiger partial charge in [-0.25, -0.2) is 0 Å². The summed E-state index contributed by atoms with van der Waals surface area (Å²) < 4.78 is 35.3. The minimum atomic E-state index is -4.02. The number of hydrogen-bond acceptors (Lipinski definition) is 5. The number of nitrogens with zero attached hydrogens (tertiary/aromatic N) is 1. The highest BCUT2D eigenvalue weighted by atomic mass is 32.2. The molecule has 0 aliphatic rings. The maximum absolute atomic E-state index is 11.9. The molecule has 0 unspecified atom stereocenters. The molecule has 2 N–H and O–H groups in total. The maximum atomic E-state index is 11.9. The van der Waals surface area contributed by atoms with E-state index in [1.165, 1.54) is 12.1 Å². The van der Waals surface area contributed by atoms with E-state index < -0.39 is 10.1 Å². The van der Waals surface area contributed by atoms with E-state index in [2.05, 4.69) is 50.0 Å². The molecule has 0 saturated carbocycles. The number of benzene rings is 2. The van der Waals surface area contributed by atoms with Crippen molar-refractivity contribution in [2.75, 3.05) is 32.8 Å². The van der Waals surface area contributed by atoms with Gasteiger partial charge in [-0.05, 0) is 75.1 Å².